The Kier molecular flexibility index (Phi) is 5.78. The van der Waals surface area contributed by atoms with Gasteiger partial charge in [-0.2, -0.15) is 13.2 Å². The molecule has 0 aliphatic rings. The number of fused-ring (bicyclic) bond motifs is 1. The monoisotopic (exact) mass is 485 g/mol. The number of carbonyl (C=O) groups is 2. The molecule has 0 fully saturated rings. The molecule has 3 rings (SSSR count). The number of nitrogens with zero attached hydrogens (tertiary/aromatic N) is 1. The van der Waals surface area contributed by atoms with E-state index in [9.17, 15) is 32.9 Å². The van der Waals surface area contributed by atoms with Gasteiger partial charge >= 0.3 is 12.1 Å². The molecule has 12 heteroatoms. The Morgan fingerprint density at radius 1 is 1.20 bits per heavy atom. The highest BCUT2D eigenvalue weighted by molar-refractivity contribution is 9.10. The number of rotatable bonds is 5. The number of H-pyrrole nitrogens is 1. The van der Waals surface area contributed by atoms with Crippen molar-refractivity contribution in [1.82, 2.24) is 4.98 Å². The Labute approximate surface area is 174 Å². The topological polar surface area (TPSA) is 114 Å². The predicted octanol–water partition coefficient (Wildman–Crippen LogP) is 4.65. The minimum Gasteiger partial charge on any atom is -0.451 e. The molecule has 0 saturated carbocycles. The Bertz CT molecular complexity index is 1160. The molecule has 156 valence electrons. The van der Waals surface area contributed by atoms with Crippen LogP contribution in [0.3, 0.4) is 0 Å². The van der Waals surface area contributed by atoms with Gasteiger partial charge in [-0.15, -0.1) is 0 Å². The number of anilines is 1. The number of carbonyl (C=O) groups excluding carboxylic acids is 2. The van der Waals surface area contributed by atoms with Crippen molar-refractivity contribution in [2.24, 2.45) is 0 Å². The zero-order valence-electron chi connectivity index (χ0n) is 14.7. The van der Waals surface area contributed by atoms with E-state index in [-0.39, 0.29) is 5.69 Å². The molecule has 8 nitrogen and oxygen atoms in total. The van der Waals surface area contributed by atoms with Gasteiger partial charge in [0.15, 0.2) is 6.61 Å². The van der Waals surface area contributed by atoms with Crippen LogP contribution in [0.15, 0.2) is 46.9 Å². The lowest BCUT2D eigenvalue weighted by molar-refractivity contribution is -0.384. The van der Waals surface area contributed by atoms with Crippen LogP contribution in [0, 0.1) is 10.1 Å². The first-order valence-corrected chi connectivity index (χ1v) is 8.96. The van der Waals surface area contributed by atoms with Gasteiger partial charge in [-0.3, -0.25) is 14.9 Å². The molecule has 1 aromatic heterocycles. The first kappa shape index (κ1) is 21.3. The van der Waals surface area contributed by atoms with Crippen LogP contribution in [0.2, 0.25) is 0 Å². The molecule has 0 aliphatic heterocycles. The summed E-state index contributed by atoms with van der Waals surface area (Å²) in [5, 5.41) is 13.8. The fourth-order valence-corrected chi connectivity index (χ4v) is 3.21. The number of ether oxygens (including phenoxy) is 1. The maximum atomic E-state index is 12.7. The van der Waals surface area contributed by atoms with Gasteiger partial charge in [-0.1, -0.05) is 18.2 Å². The smallest absolute Gasteiger partial charge is 0.416 e. The minimum absolute atomic E-state index is 0.0597. The third-order valence-electron chi connectivity index (χ3n) is 3.98. The second-order valence-corrected chi connectivity index (χ2v) is 6.76. The van der Waals surface area contributed by atoms with Gasteiger partial charge in [0.05, 0.1) is 15.0 Å². The first-order valence-electron chi connectivity index (χ1n) is 8.16. The SMILES string of the molecule is O=C(COC(=O)c1[nH]c2ccccc2c1Br)Nc1ccc(C(F)(F)F)cc1[N+](=O)[O-]. The van der Waals surface area contributed by atoms with Crippen LogP contribution in [-0.2, 0) is 15.7 Å². The average Bonchev–Trinajstić information content (AvgIpc) is 3.02. The van der Waals surface area contributed by atoms with Crippen molar-refractivity contribution in [1.29, 1.82) is 0 Å². The Hall–Kier alpha value is -3.41. The zero-order valence-corrected chi connectivity index (χ0v) is 16.3. The van der Waals surface area contributed by atoms with Crippen LogP contribution in [0.4, 0.5) is 24.5 Å². The van der Waals surface area contributed by atoms with Crippen LogP contribution in [-0.4, -0.2) is 28.4 Å². The quantitative estimate of drug-likeness (QED) is 0.310. The van der Waals surface area contributed by atoms with Gasteiger partial charge in [-0.05, 0) is 34.1 Å². The summed E-state index contributed by atoms with van der Waals surface area (Å²) in [5.74, 6) is -1.83. The lowest BCUT2D eigenvalue weighted by Crippen LogP contribution is -2.22. The van der Waals surface area contributed by atoms with E-state index in [2.05, 4.69) is 26.2 Å². The van der Waals surface area contributed by atoms with Crippen LogP contribution >= 0.6 is 15.9 Å². The molecule has 0 saturated heterocycles. The second-order valence-electron chi connectivity index (χ2n) is 5.97. The minimum atomic E-state index is -4.78. The third-order valence-corrected chi connectivity index (χ3v) is 4.80. The number of aromatic amines is 1. The third kappa shape index (κ3) is 4.43. The molecule has 0 spiro atoms. The van der Waals surface area contributed by atoms with Gasteiger partial charge in [0.1, 0.15) is 11.4 Å². The number of esters is 1. The molecule has 0 bridgehead atoms. The van der Waals surface area contributed by atoms with Gasteiger partial charge in [0.25, 0.3) is 11.6 Å². The van der Waals surface area contributed by atoms with Crippen molar-refractivity contribution < 1.29 is 32.4 Å². The van der Waals surface area contributed by atoms with Crippen molar-refractivity contribution in [2.75, 3.05) is 11.9 Å². The second kappa shape index (κ2) is 8.14. The molecule has 2 N–H and O–H groups in total. The van der Waals surface area contributed by atoms with E-state index in [1.807, 2.05) is 0 Å². The first-order chi connectivity index (χ1) is 14.1. The van der Waals surface area contributed by atoms with Crippen LogP contribution in [0.25, 0.3) is 10.9 Å². The number of hydrogen-bond donors (Lipinski definition) is 2. The Balaban J connectivity index is 1.70. The fraction of sp³-hybridized carbons (Fsp3) is 0.111. The highest BCUT2D eigenvalue weighted by Gasteiger charge is 2.33. The van der Waals surface area contributed by atoms with Crippen molar-refractivity contribution in [3.63, 3.8) is 0 Å². The normalized spacial score (nSPS) is 11.3. The number of alkyl halides is 3. The van der Waals surface area contributed by atoms with Crippen molar-refractivity contribution in [3.05, 3.63) is 68.3 Å². The van der Waals surface area contributed by atoms with Crippen LogP contribution < -0.4 is 5.32 Å². The number of nitrogens with one attached hydrogen (secondary N) is 2. The highest BCUT2D eigenvalue weighted by atomic mass is 79.9. The maximum Gasteiger partial charge on any atom is 0.416 e. The standard InChI is InChI=1S/C18H11BrF3N3O5/c19-15-10-3-1-2-4-11(10)24-16(15)17(27)30-8-14(26)23-12-6-5-9(18(20,21)22)7-13(12)25(28)29/h1-7,24H,8H2,(H,23,26). The molecule has 2 aromatic carbocycles. The number of amides is 1. The van der Waals surface area contributed by atoms with Crippen molar-refractivity contribution in [3.8, 4) is 0 Å². The maximum absolute atomic E-state index is 12.7. The summed E-state index contributed by atoms with van der Waals surface area (Å²) in [6.45, 7) is -0.807. The molecular weight excluding hydrogens is 475 g/mol. The lowest BCUT2D eigenvalue weighted by atomic mass is 10.1. The van der Waals surface area contributed by atoms with E-state index in [0.717, 1.165) is 6.07 Å². The number of para-hydroxylation sites is 1. The summed E-state index contributed by atoms with van der Waals surface area (Å²) in [4.78, 5) is 37.1. The number of benzene rings is 2. The van der Waals surface area contributed by atoms with Gasteiger partial charge in [0.2, 0.25) is 0 Å². The van der Waals surface area contributed by atoms with E-state index >= 15 is 0 Å². The Morgan fingerprint density at radius 2 is 1.90 bits per heavy atom. The van der Waals surface area contributed by atoms with Crippen molar-refractivity contribution >= 4 is 50.1 Å². The molecular formula is C18H11BrF3N3O5. The van der Waals surface area contributed by atoms with E-state index in [0.29, 0.717) is 27.5 Å². The molecule has 0 unspecified atom stereocenters. The summed E-state index contributed by atoms with van der Waals surface area (Å²) in [6.07, 6.45) is -4.78. The molecule has 1 amide bonds. The molecule has 1 heterocycles. The molecule has 0 aliphatic carbocycles. The number of halogens is 4. The van der Waals surface area contributed by atoms with Gasteiger partial charge in [-0.25, -0.2) is 4.79 Å². The highest BCUT2D eigenvalue weighted by Crippen LogP contribution is 2.35. The summed E-state index contributed by atoms with van der Waals surface area (Å²) in [7, 11) is 0. The summed E-state index contributed by atoms with van der Waals surface area (Å²) in [5.41, 5.74) is -1.92. The molecule has 3 aromatic rings. The van der Waals surface area contributed by atoms with Crippen LogP contribution in [0.5, 0.6) is 0 Å². The molecule has 0 radical (unpaired) electrons. The number of nitro benzene ring substituents is 1. The Morgan fingerprint density at radius 3 is 2.53 bits per heavy atom. The van der Waals surface area contributed by atoms with E-state index in [4.69, 9.17) is 4.74 Å². The predicted molar refractivity (Wildman–Crippen MR) is 103 cm³/mol. The average molecular weight is 486 g/mol. The van der Waals surface area contributed by atoms with Crippen molar-refractivity contribution in [2.45, 2.75) is 6.18 Å². The number of hydrogen-bond acceptors (Lipinski definition) is 5. The largest absolute Gasteiger partial charge is 0.451 e. The summed E-state index contributed by atoms with van der Waals surface area (Å²) >= 11 is 3.26. The van der Waals surface area contributed by atoms with Gasteiger partial charge < -0.3 is 15.0 Å². The van der Waals surface area contributed by atoms with E-state index in [1.165, 1.54) is 0 Å². The number of aromatic nitrogens is 1. The number of nitro groups is 1. The lowest BCUT2D eigenvalue weighted by Gasteiger charge is -2.10. The molecule has 30 heavy (non-hydrogen) atoms. The molecule has 0 atom stereocenters. The summed E-state index contributed by atoms with van der Waals surface area (Å²) < 4.78 is 43.5. The van der Waals surface area contributed by atoms with E-state index in [1.54, 1.807) is 24.3 Å². The van der Waals surface area contributed by atoms with Crippen LogP contribution in [0.1, 0.15) is 16.1 Å². The summed E-state index contributed by atoms with van der Waals surface area (Å²) in [6, 6.07) is 8.66. The fourth-order valence-electron chi connectivity index (χ4n) is 2.60. The van der Waals surface area contributed by atoms with Gasteiger partial charge in [0, 0.05) is 17.0 Å². The van der Waals surface area contributed by atoms with E-state index < -0.39 is 46.5 Å². The zero-order chi connectivity index (χ0) is 22.1.